The van der Waals surface area contributed by atoms with E-state index in [4.69, 9.17) is 9.47 Å². The highest BCUT2D eigenvalue weighted by atomic mass is 16.5. The molecular weight excluding hydrogens is 424 g/mol. The minimum absolute atomic E-state index is 0.0600. The number of hydrogen-bond donors (Lipinski definition) is 0. The second-order valence-corrected chi connectivity index (χ2v) is 10.0. The van der Waals surface area contributed by atoms with Crippen molar-refractivity contribution in [3.05, 3.63) is 107 Å². The van der Waals surface area contributed by atoms with Gasteiger partial charge in [0, 0.05) is 24.0 Å². The van der Waals surface area contributed by atoms with Gasteiger partial charge in [0.15, 0.2) is 11.9 Å². The van der Waals surface area contributed by atoms with Gasteiger partial charge in [-0.15, -0.1) is 0 Å². The van der Waals surface area contributed by atoms with Crippen LogP contribution in [0.3, 0.4) is 0 Å². The van der Waals surface area contributed by atoms with E-state index in [1.807, 2.05) is 85.8 Å². The molecule has 172 valence electrons. The van der Waals surface area contributed by atoms with Gasteiger partial charge in [-0.05, 0) is 42.2 Å². The Morgan fingerprint density at radius 3 is 2.35 bits per heavy atom. The van der Waals surface area contributed by atoms with E-state index in [9.17, 15) is 9.59 Å². The van der Waals surface area contributed by atoms with Gasteiger partial charge in [0.2, 0.25) is 5.78 Å². The number of rotatable bonds is 5. The zero-order valence-corrected chi connectivity index (χ0v) is 19.7. The Hall–Kier alpha value is -3.66. The van der Waals surface area contributed by atoms with Crippen LogP contribution in [0.2, 0.25) is 0 Å². The quantitative estimate of drug-likeness (QED) is 0.400. The number of benzene rings is 3. The molecule has 3 aromatic carbocycles. The second-order valence-electron chi connectivity index (χ2n) is 10.0. The largest absolute Gasteiger partial charge is 0.485 e. The Bertz CT molecular complexity index is 1270. The molecule has 0 aromatic heterocycles. The van der Waals surface area contributed by atoms with Gasteiger partial charge in [-0.2, -0.15) is 0 Å². The van der Waals surface area contributed by atoms with Gasteiger partial charge in [0.1, 0.15) is 17.3 Å². The summed E-state index contributed by atoms with van der Waals surface area (Å²) in [5, 5.41) is 0. The van der Waals surface area contributed by atoms with E-state index in [-0.39, 0.29) is 17.0 Å². The van der Waals surface area contributed by atoms with Crippen molar-refractivity contribution in [2.45, 2.75) is 45.6 Å². The number of para-hydroxylation sites is 1. The Morgan fingerprint density at radius 1 is 0.912 bits per heavy atom. The van der Waals surface area contributed by atoms with Crippen molar-refractivity contribution in [1.82, 2.24) is 0 Å². The number of allylic oxidation sites excluding steroid dienone is 1. The second kappa shape index (κ2) is 8.60. The topological polar surface area (TPSA) is 52.6 Å². The molecule has 0 N–H and O–H groups in total. The van der Waals surface area contributed by atoms with Crippen LogP contribution < -0.4 is 4.74 Å². The third-order valence-electron chi connectivity index (χ3n) is 6.55. The van der Waals surface area contributed by atoms with Gasteiger partial charge >= 0.3 is 0 Å². The summed E-state index contributed by atoms with van der Waals surface area (Å²) in [6.45, 7) is 6.12. The summed E-state index contributed by atoms with van der Waals surface area (Å²) in [6, 6.07) is 24.7. The summed E-state index contributed by atoms with van der Waals surface area (Å²) >= 11 is 0. The molecule has 1 aliphatic carbocycles. The van der Waals surface area contributed by atoms with Crippen molar-refractivity contribution in [2.75, 3.05) is 0 Å². The molecule has 0 saturated carbocycles. The number of ketones is 2. The number of carbonyl (C=O) groups excluding carboxylic acids is 2. The first-order chi connectivity index (χ1) is 16.3. The predicted octanol–water partition coefficient (Wildman–Crippen LogP) is 6.80. The number of ether oxygens (including phenoxy) is 2. The fourth-order valence-corrected chi connectivity index (χ4v) is 4.93. The SMILES string of the molecule is Cc1ccc(C(=O)C2OC3=C(C(=O)CC(C)(C)C3)C2c2cccc(Oc3ccccc3)c2)cc1. The molecule has 0 radical (unpaired) electrons. The van der Waals surface area contributed by atoms with E-state index in [0.717, 1.165) is 16.9 Å². The third kappa shape index (κ3) is 4.28. The summed E-state index contributed by atoms with van der Waals surface area (Å²) < 4.78 is 12.4. The van der Waals surface area contributed by atoms with Crippen LogP contribution >= 0.6 is 0 Å². The van der Waals surface area contributed by atoms with Crippen LogP contribution in [0.25, 0.3) is 0 Å². The van der Waals surface area contributed by atoms with E-state index < -0.39 is 12.0 Å². The van der Waals surface area contributed by atoms with Crippen molar-refractivity contribution in [1.29, 1.82) is 0 Å². The molecule has 0 spiro atoms. The van der Waals surface area contributed by atoms with E-state index in [2.05, 4.69) is 13.8 Å². The van der Waals surface area contributed by atoms with E-state index in [1.54, 1.807) is 0 Å². The smallest absolute Gasteiger partial charge is 0.204 e. The summed E-state index contributed by atoms with van der Waals surface area (Å²) in [6.07, 6.45) is 0.303. The normalized spacial score (nSPS) is 21.1. The Balaban J connectivity index is 1.55. The molecule has 0 amide bonds. The van der Waals surface area contributed by atoms with Crippen molar-refractivity contribution >= 4 is 11.6 Å². The lowest BCUT2D eigenvalue weighted by molar-refractivity contribution is -0.118. The Labute approximate surface area is 200 Å². The molecule has 0 fully saturated rings. The van der Waals surface area contributed by atoms with Crippen molar-refractivity contribution in [2.24, 2.45) is 5.41 Å². The van der Waals surface area contributed by atoms with Crippen LogP contribution in [-0.4, -0.2) is 17.7 Å². The van der Waals surface area contributed by atoms with Crippen LogP contribution in [0.5, 0.6) is 11.5 Å². The monoisotopic (exact) mass is 452 g/mol. The zero-order valence-electron chi connectivity index (χ0n) is 19.7. The molecule has 5 rings (SSSR count). The highest BCUT2D eigenvalue weighted by Gasteiger charge is 2.49. The zero-order chi connectivity index (χ0) is 23.9. The third-order valence-corrected chi connectivity index (χ3v) is 6.55. The molecule has 4 heteroatoms. The van der Waals surface area contributed by atoms with Crippen molar-refractivity contribution < 1.29 is 19.1 Å². The minimum Gasteiger partial charge on any atom is -0.485 e. The van der Waals surface area contributed by atoms with Gasteiger partial charge in [-0.25, -0.2) is 0 Å². The summed E-state index contributed by atoms with van der Waals surface area (Å²) in [5.74, 6) is 1.52. The molecule has 34 heavy (non-hydrogen) atoms. The molecule has 2 aliphatic rings. The number of aryl methyl sites for hydroxylation is 1. The fourth-order valence-electron chi connectivity index (χ4n) is 4.93. The van der Waals surface area contributed by atoms with Crippen LogP contribution in [0.1, 0.15) is 54.1 Å². The maximum absolute atomic E-state index is 13.6. The molecule has 2 unspecified atom stereocenters. The van der Waals surface area contributed by atoms with E-state index in [1.165, 1.54) is 0 Å². The average Bonchev–Trinajstić information content (AvgIpc) is 3.18. The van der Waals surface area contributed by atoms with E-state index in [0.29, 0.717) is 35.5 Å². The maximum Gasteiger partial charge on any atom is 0.204 e. The number of carbonyl (C=O) groups is 2. The highest BCUT2D eigenvalue weighted by Crippen LogP contribution is 2.49. The summed E-state index contributed by atoms with van der Waals surface area (Å²) in [4.78, 5) is 27.0. The lowest BCUT2D eigenvalue weighted by Gasteiger charge is -2.29. The fraction of sp³-hybridized carbons (Fsp3) is 0.267. The van der Waals surface area contributed by atoms with Gasteiger partial charge in [0.05, 0.1) is 5.92 Å². The Kier molecular flexibility index (Phi) is 5.60. The first-order valence-electron chi connectivity index (χ1n) is 11.7. The molecule has 3 aromatic rings. The van der Waals surface area contributed by atoms with Crippen molar-refractivity contribution in [3.8, 4) is 11.5 Å². The van der Waals surface area contributed by atoms with Crippen LogP contribution in [0.4, 0.5) is 0 Å². The Morgan fingerprint density at radius 2 is 1.62 bits per heavy atom. The van der Waals surface area contributed by atoms with E-state index >= 15 is 0 Å². The first kappa shape index (κ1) is 22.1. The van der Waals surface area contributed by atoms with Gasteiger partial charge in [-0.3, -0.25) is 9.59 Å². The lowest BCUT2D eigenvalue weighted by atomic mass is 9.72. The number of hydrogen-bond acceptors (Lipinski definition) is 4. The highest BCUT2D eigenvalue weighted by molar-refractivity contribution is 6.05. The number of Topliss-reactive ketones (excluding diaryl/α,β-unsaturated/α-hetero) is 2. The average molecular weight is 453 g/mol. The van der Waals surface area contributed by atoms with Crippen LogP contribution in [-0.2, 0) is 9.53 Å². The molecule has 1 heterocycles. The standard InChI is InChI=1S/C30H28O4/c1-19-12-14-20(15-13-19)28(32)29-26(27-24(31)17-30(2,3)18-25(27)34-29)21-8-7-11-23(16-21)33-22-9-5-4-6-10-22/h4-16,26,29H,17-18H2,1-3H3. The van der Waals surface area contributed by atoms with Crippen molar-refractivity contribution in [3.63, 3.8) is 0 Å². The predicted molar refractivity (Wildman–Crippen MR) is 131 cm³/mol. The molecule has 0 saturated heterocycles. The minimum atomic E-state index is -0.780. The van der Waals surface area contributed by atoms with Gasteiger partial charge < -0.3 is 9.47 Å². The summed E-state index contributed by atoms with van der Waals surface area (Å²) in [5.41, 5.74) is 2.96. The molecule has 0 bridgehead atoms. The maximum atomic E-state index is 13.6. The molecule has 1 aliphatic heterocycles. The van der Waals surface area contributed by atoms with Gasteiger partial charge in [0.25, 0.3) is 0 Å². The lowest BCUT2D eigenvalue weighted by Crippen LogP contribution is -2.29. The molecule has 4 nitrogen and oxygen atoms in total. The molecule has 2 atom stereocenters. The first-order valence-corrected chi connectivity index (χ1v) is 11.7. The summed E-state index contributed by atoms with van der Waals surface area (Å²) in [7, 11) is 0. The van der Waals surface area contributed by atoms with Crippen LogP contribution in [0.15, 0.2) is 90.2 Å². The van der Waals surface area contributed by atoms with Gasteiger partial charge in [-0.1, -0.05) is 74.0 Å². The molecular formula is C30H28O4. The van der Waals surface area contributed by atoms with Crippen LogP contribution in [0, 0.1) is 12.3 Å².